The van der Waals surface area contributed by atoms with Crippen LogP contribution in [0.1, 0.15) is 32.6 Å². The van der Waals surface area contributed by atoms with Gasteiger partial charge in [-0.05, 0) is 43.8 Å². The standard InChI is InChI=1S/C11H16/c1-4-6-9(2)11-8-5-7-10(11)3/h4H,1-2,5-8H2,3H3. The molecule has 60 valence electrons. The summed E-state index contributed by atoms with van der Waals surface area (Å²) in [5.74, 6) is 0. The Bertz CT molecular complexity index is 206. The van der Waals surface area contributed by atoms with E-state index in [9.17, 15) is 0 Å². The van der Waals surface area contributed by atoms with E-state index in [1.54, 1.807) is 0 Å². The summed E-state index contributed by atoms with van der Waals surface area (Å²) in [6.07, 6.45) is 6.70. The van der Waals surface area contributed by atoms with E-state index in [2.05, 4.69) is 20.1 Å². The van der Waals surface area contributed by atoms with E-state index in [1.165, 1.54) is 36.0 Å². The molecular weight excluding hydrogens is 132 g/mol. The smallest absolute Gasteiger partial charge is 0.0103 e. The SMILES string of the molecule is C=CCC(=C)C1=C(C)CCC1. The quantitative estimate of drug-likeness (QED) is 0.536. The Morgan fingerprint density at radius 1 is 1.55 bits per heavy atom. The Balaban J connectivity index is 2.66. The molecule has 0 aliphatic heterocycles. The van der Waals surface area contributed by atoms with Gasteiger partial charge in [-0.3, -0.25) is 0 Å². The minimum Gasteiger partial charge on any atom is -0.103 e. The van der Waals surface area contributed by atoms with Crippen LogP contribution in [0.2, 0.25) is 0 Å². The van der Waals surface area contributed by atoms with Crippen molar-refractivity contribution in [3.8, 4) is 0 Å². The first kappa shape index (κ1) is 8.32. The fourth-order valence-electron chi connectivity index (χ4n) is 1.67. The molecule has 0 nitrogen and oxygen atoms in total. The van der Waals surface area contributed by atoms with Gasteiger partial charge in [0.25, 0.3) is 0 Å². The summed E-state index contributed by atoms with van der Waals surface area (Å²) in [7, 11) is 0. The highest BCUT2D eigenvalue weighted by molar-refractivity contribution is 5.36. The second-order valence-electron chi connectivity index (χ2n) is 3.21. The molecule has 0 aromatic rings. The Labute approximate surface area is 69.3 Å². The Morgan fingerprint density at radius 2 is 2.27 bits per heavy atom. The third kappa shape index (κ3) is 1.83. The van der Waals surface area contributed by atoms with Crippen LogP contribution in [0.25, 0.3) is 0 Å². The molecule has 0 heterocycles. The molecule has 0 aromatic heterocycles. The first-order valence-electron chi connectivity index (χ1n) is 4.23. The normalized spacial score (nSPS) is 17.2. The molecule has 0 spiro atoms. The molecule has 0 radical (unpaired) electrons. The molecule has 0 atom stereocenters. The van der Waals surface area contributed by atoms with Gasteiger partial charge >= 0.3 is 0 Å². The van der Waals surface area contributed by atoms with Gasteiger partial charge < -0.3 is 0 Å². The molecule has 0 amide bonds. The largest absolute Gasteiger partial charge is 0.103 e. The molecule has 0 heteroatoms. The Kier molecular flexibility index (Phi) is 2.70. The van der Waals surface area contributed by atoms with Crippen LogP contribution in [-0.4, -0.2) is 0 Å². The summed E-state index contributed by atoms with van der Waals surface area (Å²) >= 11 is 0. The fourth-order valence-corrected chi connectivity index (χ4v) is 1.67. The van der Waals surface area contributed by atoms with Crippen molar-refractivity contribution < 1.29 is 0 Å². The number of allylic oxidation sites excluding steroid dienone is 4. The highest BCUT2D eigenvalue weighted by Gasteiger charge is 2.11. The minimum absolute atomic E-state index is 0.951. The van der Waals surface area contributed by atoms with Gasteiger partial charge in [0.1, 0.15) is 0 Å². The van der Waals surface area contributed by atoms with Crippen molar-refractivity contribution in [2.75, 3.05) is 0 Å². The highest BCUT2D eigenvalue weighted by Crippen LogP contribution is 2.31. The van der Waals surface area contributed by atoms with Gasteiger partial charge in [0.15, 0.2) is 0 Å². The number of rotatable bonds is 3. The molecule has 1 aliphatic carbocycles. The Hall–Kier alpha value is -0.780. The maximum absolute atomic E-state index is 4.05. The van der Waals surface area contributed by atoms with E-state index < -0.39 is 0 Å². The van der Waals surface area contributed by atoms with E-state index in [1.807, 2.05) is 6.08 Å². The highest BCUT2D eigenvalue weighted by atomic mass is 14.2. The van der Waals surface area contributed by atoms with Crippen LogP contribution in [0.5, 0.6) is 0 Å². The molecule has 1 rings (SSSR count). The van der Waals surface area contributed by atoms with Gasteiger partial charge in [-0.15, -0.1) is 6.58 Å². The van der Waals surface area contributed by atoms with Crippen LogP contribution < -0.4 is 0 Å². The number of hydrogen-bond donors (Lipinski definition) is 0. The zero-order valence-electron chi connectivity index (χ0n) is 7.32. The van der Waals surface area contributed by atoms with Gasteiger partial charge in [0.2, 0.25) is 0 Å². The molecule has 0 unspecified atom stereocenters. The fraction of sp³-hybridized carbons (Fsp3) is 0.455. The van der Waals surface area contributed by atoms with Crippen molar-refractivity contribution >= 4 is 0 Å². The molecule has 0 saturated heterocycles. The first-order chi connectivity index (χ1) is 5.25. The average molecular weight is 148 g/mol. The third-order valence-corrected chi connectivity index (χ3v) is 2.31. The topological polar surface area (TPSA) is 0 Å². The van der Waals surface area contributed by atoms with E-state index in [4.69, 9.17) is 0 Å². The average Bonchev–Trinajstić information content (AvgIpc) is 2.36. The first-order valence-corrected chi connectivity index (χ1v) is 4.23. The second-order valence-corrected chi connectivity index (χ2v) is 3.21. The van der Waals surface area contributed by atoms with Crippen LogP contribution in [0.4, 0.5) is 0 Å². The third-order valence-electron chi connectivity index (χ3n) is 2.31. The zero-order valence-corrected chi connectivity index (χ0v) is 7.32. The van der Waals surface area contributed by atoms with E-state index in [0.717, 1.165) is 6.42 Å². The maximum Gasteiger partial charge on any atom is -0.0103 e. The van der Waals surface area contributed by atoms with E-state index in [-0.39, 0.29) is 0 Å². The molecule has 11 heavy (non-hydrogen) atoms. The minimum atomic E-state index is 0.951. The molecule has 0 N–H and O–H groups in total. The molecule has 0 aromatic carbocycles. The van der Waals surface area contributed by atoms with Crippen LogP contribution in [0.15, 0.2) is 36.0 Å². The van der Waals surface area contributed by atoms with Crippen LogP contribution in [0.3, 0.4) is 0 Å². The van der Waals surface area contributed by atoms with Crippen LogP contribution >= 0.6 is 0 Å². The van der Waals surface area contributed by atoms with E-state index >= 15 is 0 Å². The summed E-state index contributed by atoms with van der Waals surface area (Å²) in [5.41, 5.74) is 4.32. The van der Waals surface area contributed by atoms with E-state index in [0.29, 0.717) is 0 Å². The van der Waals surface area contributed by atoms with Crippen molar-refractivity contribution in [1.29, 1.82) is 0 Å². The monoisotopic (exact) mass is 148 g/mol. The van der Waals surface area contributed by atoms with Crippen LogP contribution in [-0.2, 0) is 0 Å². The lowest BCUT2D eigenvalue weighted by molar-refractivity contribution is 0.893. The predicted octanol–water partition coefficient (Wildman–Crippen LogP) is 3.62. The number of hydrogen-bond acceptors (Lipinski definition) is 0. The van der Waals surface area contributed by atoms with Gasteiger partial charge in [0.05, 0.1) is 0 Å². The zero-order chi connectivity index (χ0) is 8.27. The van der Waals surface area contributed by atoms with Gasteiger partial charge in [0, 0.05) is 0 Å². The lowest BCUT2D eigenvalue weighted by Gasteiger charge is -2.04. The van der Waals surface area contributed by atoms with Gasteiger partial charge in [-0.2, -0.15) is 0 Å². The van der Waals surface area contributed by atoms with Gasteiger partial charge in [-0.25, -0.2) is 0 Å². The predicted molar refractivity (Wildman–Crippen MR) is 50.5 cm³/mol. The van der Waals surface area contributed by atoms with Crippen molar-refractivity contribution in [3.05, 3.63) is 36.0 Å². The van der Waals surface area contributed by atoms with Crippen LogP contribution in [0, 0.1) is 0 Å². The summed E-state index contributed by atoms with van der Waals surface area (Å²) in [6.45, 7) is 9.98. The molecule has 0 fully saturated rings. The van der Waals surface area contributed by atoms with Crippen molar-refractivity contribution in [2.24, 2.45) is 0 Å². The van der Waals surface area contributed by atoms with Crippen molar-refractivity contribution in [1.82, 2.24) is 0 Å². The molecule has 1 aliphatic rings. The maximum atomic E-state index is 4.05. The molecular formula is C11H16. The van der Waals surface area contributed by atoms with Crippen molar-refractivity contribution in [2.45, 2.75) is 32.6 Å². The second kappa shape index (κ2) is 3.56. The molecule has 0 saturated carbocycles. The Morgan fingerprint density at radius 3 is 2.73 bits per heavy atom. The van der Waals surface area contributed by atoms with Gasteiger partial charge in [-0.1, -0.05) is 18.2 Å². The summed E-state index contributed by atoms with van der Waals surface area (Å²) < 4.78 is 0. The lowest BCUT2D eigenvalue weighted by Crippen LogP contribution is -1.84. The summed E-state index contributed by atoms with van der Waals surface area (Å²) in [4.78, 5) is 0. The summed E-state index contributed by atoms with van der Waals surface area (Å²) in [6, 6.07) is 0. The summed E-state index contributed by atoms with van der Waals surface area (Å²) in [5, 5.41) is 0. The lowest BCUT2D eigenvalue weighted by atomic mass is 10.0. The molecule has 0 bridgehead atoms. The van der Waals surface area contributed by atoms with Crippen molar-refractivity contribution in [3.63, 3.8) is 0 Å².